The molecule has 1 saturated carbocycles. The zero-order chi connectivity index (χ0) is 20.6. The molecule has 2 rings (SSSR count). The molecule has 0 unspecified atom stereocenters. The van der Waals surface area contributed by atoms with Crippen LogP contribution in [0.5, 0.6) is 0 Å². The number of carbonyl (C=O) groups excluding carboxylic acids is 1. The Morgan fingerprint density at radius 3 is 2.62 bits per heavy atom. The van der Waals surface area contributed by atoms with Crippen molar-refractivity contribution < 1.29 is 14.6 Å². The predicted molar refractivity (Wildman–Crippen MR) is 120 cm³/mol. The van der Waals surface area contributed by atoms with Crippen LogP contribution in [-0.4, -0.2) is 30.8 Å². The number of aliphatic hydroxyl groups is 1. The van der Waals surface area contributed by atoms with E-state index in [-0.39, 0.29) is 12.6 Å². The van der Waals surface area contributed by atoms with Crippen molar-refractivity contribution in [3.63, 3.8) is 0 Å². The van der Waals surface area contributed by atoms with Crippen LogP contribution in [0.1, 0.15) is 76.2 Å². The SMILES string of the molecule is O=C(CCc1ccc(NCCCC=CCC2CCCCC2)cc1)OCCCCO. The van der Waals surface area contributed by atoms with Gasteiger partial charge < -0.3 is 15.2 Å². The Bertz CT molecular complexity index is 576. The molecule has 1 aliphatic rings. The molecule has 2 N–H and O–H groups in total. The number of ether oxygens (including phenoxy) is 1. The Morgan fingerprint density at radius 1 is 1.07 bits per heavy atom. The van der Waals surface area contributed by atoms with E-state index in [0.717, 1.165) is 43.0 Å². The Labute approximate surface area is 176 Å². The van der Waals surface area contributed by atoms with Crippen molar-refractivity contribution in [3.05, 3.63) is 42.0 Å². The average molecular weight is 402 g/mol. The Hall–Kier alpha value is -1.81. The third-order valence-corrected chi connectivity index (χ3v) is 5.62. The molecule has 1 aliphatic carbocycles. The molecule has 0 heterocycles. The highest BCUT2D eigenvalue weighted by Crippen LogP contribution is 2.26. The van der Waals surface area contributed by atoms with Crippen LogP contribution in [0.4, 0.5) is 5.69 Å². The maximum absolute atomic E-state index is 11.7. The topological polar surface area (TPSA) is 58.6 Å². The number of allylic oxidation sites excluding steroid dienone is 2. The van der Waals surface area contributed by atoms with Crippen molar-refractivity contribution in [2.45, 2.75) is 77.0 Å². The highest BCUT2D eigenvalue weighted by molar-refractivity contribution is 5.69. The Morgan fingerprint density at radius 2 is 1.86 bits per heavy atom. The third-order valence-electron chi connectivity index (χ3n) is 5.62. The molecule has 0 aliphatic heterocycles. The van der Waals surface area contributed by atoms with Crippen molar-refractivity contribution in [2.75, 3.05) is 25.1 Å². The summed E-state index contributed by atoms with van der Waals surface area (Å²) in [6.45, 7) is 1.53. The molecule has 0 saturated heterocycles. The summed E-state index contributed by atoms with van der Waals surface area (Å²) in [7, 11) is 0. The molecular formula is C25H39NO3. The minimum atomic E-state index is -0.165. The van der Waals surface area contributed by atoms with E-state index in [1.165, 1.54) is 38.5 Å². The molecule has 1 aromatic carbocycles. The van der Waals surface area contributed by atoms with Gasteiger partial charge in [0.1, 0.15) is 0 Å². The summed E-state index contributed by atoms with van der Waals surface area (Å²) in [5.41, 5.74) is 2.28. The molecule has 1 aromatic rings. The largest absolute Gasteiger partial charge is 0.466 e. The summed E-state index contributed by atoms with van der Waals surface area (Å²) in [5, 5.41) is 12.2. The van der Waals surface area contributed by atoms with Crippen LogP contribution in [0.25, 0.3) is 0 Å². The molecule has 0 bridgehead atoms. The first-order valence-corrected chi connectivity index (χ1v) is 11.5. The normalized spacial score (nSPS) is 14.9. The number of rotatable bonds is 14. The van der Waals surface area contributed by atoms with Gasteiger partial charge in [-0.3, -0.25) is 4.79 Å². The van der Waals surface area contributed by atoms with Crippen LogP contribution in [0.2, 0.25) is 0 Å². The van der Waals surface area contributed by atoms with Crippen molar-refractivity contribution in [1.29, 1.82) is 0 Å². The summed E-state index contributed by atoms with van der Waals surface area (Å²) < 4.78 is 5.15. The van der Waals surface area contributed by atoms with Crippen LogP contribution in [0, 0.1) is 5.92 Å². The lowest BCUT2D eigenvalue weighted by Gasteiger charge is -2.19. The molecule has 0 radical (unpaired) electrons. The van der Waals surface area contributed by atoms with Crippen LogP contribution < -0.4 is 5.32 Å². The number of esters is 1. The van der Waals surface area contributed by atoms with E-state index < -0.39 is 0 Å². The number of nitrogens with one attached hydrogen (secondary N) is 1. The van der Waals surface area contributed by atoms with Crippen molar-refractivity contribution in [1.82, 2.24) is 0 Å². The first kappa shape index (κ1) is 23.5. The zero-order valence-corrected chi connectivity index (χ0v) is 17.9. The number of hydrogen-bond acceptors (Lipinski definition) is 4. The lowest BCUT2D eigenvalue weighted by atomic mass is 9.87. The van der Waals surface area contributed by atoms with Crippen LogP contribution in [0.15, 0.2) is 36.4 Å². The van der Waals surface area contributed by atoms with Crippen molar-refractivity contribution >= 4 is 11.7 Å². The summed E-state index contributed by atoms with van der Waals surface area (Å²) in [6.07, 6.45) is 17.9. The van der Waals surface area contributed by atoms with Gasteiger partial charge in [0.25, 0.3) is 0 Å². The minimum Gasteiger partial charge on any atom is -0.466 e. The maximum atomic E-state index is 11.7. The van der Waals surface area contributed by atoms with Crippen molar-refractivity contribution in [3.8, 4) is 0 Å². The first-order valence-electron chi connectivity index (χ1n) is 11.5. The number of aryl methyl sites for hydroxylation is 1. The van der Waals surface area contributed by atoms with Gasteiger partial charge in [0.05, 0.1) is 6.61 Å². The van der Waals surface area contributed by atoms with E-state index in [4.69, 9.17) is 9.84 Å². The highest BCUT2D eigenvalue weighted by Gasteiger charge is 2.11. The Kier molecular flexibility index (Phi) is 12.2. The van der Waals surface area contributed by atoms with Gasteiger partial charge in [-0.15, -0.1) is 0 Å². The molecule has 4 heteroatoms. The van der Waals surface area contributed by atoms with Gasteiger partial charge in [-0.25, -0.2) is 0 Å². The van der Waals surface area contributed by atoms with Gasteiger partial charge in [-0.05, 0) is 62.1 Å². The van der Waals surface area contributed by atoms with Crippen molar-refractivity contribution in [2.24, 2.45) is 5.92 Å². The number of unbranched alkanes of at least 4 members (excludes halogenated alkanes) is 2. The second-order valence-electron chi connectivity index (χ2n) is 8.13. The number of benzene rings is 1. The lowest BCUT2D eigenvalue weighted by Crippen LogP contribution is -2.07. The fraction of sp³-hybridized carbons (Fsp3) is 0.640. The fourth-order valence-corrected chi connectivity index (χ4v) is 3.79. The minimum absolute atomic E-state index is 0.148. The molecule has 0 atom stereocenters. The number of aliphatic hydroxyl groups excluding tert-OH is 1. The molecule has 0 spiro atoms. The monoisotopic (exact) mass is 401 g/mol. The number of hydrogen-bond donors (Lipinski definition) is 2. The summed E-state index contributed by atoms with van der Waals surface area (Å²) in [5.74, 6) is 0.770. The third kappa shape index (κ3) is 11.1. The van der Waals surface area contributed by atoms with Crippen LogP contribution >= 0.6 is 0 Å². The van der Waals surface area contributed by atoms with E-state index in [2.05, 4.69) is 41.7 Å². The standard InChI is InChI=1S/C25H39NO3/c27-20-8-9-21-29-25(28)18-15-23-13-16-24(17-14-23)26-19-7-2-1-4-10-22-11-5-3-6-12-22/h1,4,13-14,16-17,22,26-27H,2-3,5-12,15,18-21H2. The number of carbonyl (C=O) groups is 1. The molecule has 4 nitrogen and oxygen atoms in total. The molecule has 29 heavy (non-hydrogen) atoms. The van der Waals surface area contributed by atoms with Gasteiger partial charge in [-0.2, -0.15) is 0 Å². The summed E-state index contributed by atoms with van der Waals surface area (Å²) >= 11 is 0. The lowest BCUT2D eigenvalue weighted by molar-refractivity contribution is -0.143. The van der Waals surface area contributed by atoms with E-state index >= 15 is 0 Å². The number of anilines is 1. The van der Waals surface area contributed by atoms with E-state index in [1.54, 1.807) is 0 Å². The smallest absolute Gasteiger partial charge is 0.306 e. The predicted octanol–water partition coefficient (Wildman–Crippen LogP) is 5.65. The van der Waals surface area contributed by atoms with Gasteiger partial charge >= 0.3 is 5.97 Å². The highest BCUT2D eigenvalue weighted by atomic mass is 16.5. The average Bonchev–Trinajstić information content (AvgIpc) is 2.76. The second-order valence-corrected chi connectivity index (χ2v) is 8.13. The fourth-order valence-electron chi connectivity index (χ4n) is 3.79. The van der Waals surface area contributed by atoms with Crippen LogP contribution in [0.3, 0.4) is 0 Å². The quantitative estimate of drug-likeness (QED) is 0.240. The summed E-state index contributed by atoms with van der Waals surface area (Å²) in [4.78, 5) is 11.7. The van der Waals surface area contributed by atoms with Gasteiger partial charge in [0.15, 0.2) is 0 Å². The van der Waals surface area contributed by atoms with E-state index in [1.807, 2.05) is 0 Å². The first-order chi connectivity index (χ1) is 14.3. The van der Waals surface area contributed by atoms with E-state index in [0.29, 0.717) is 25.9 Å². The second kappa shape index (κ2) is 15.1. The molecule has 162 valence electrons. The maximum Gasteiger partial charge on any atom is 0.306 e. The van der Waals surface area contributed by atoms with Crippen LogP contribution in [-0.2, 0) is 16.0 Å². The zero-order valence-electron chi connectivity index (χ0n) is 17.9. The summed E-state index contributed by atoms with van der Waals surface area (Å²) in [6, 6.07) is 8.32. The van der Waals surface area contributed by atoms with Gasteiger partial charge in [-0.1, -0.05) is 56.4 Å². The van der Waals surface area contributed by atoms with E-state index in [9.17, 15) is 4.79 Å². The molecular weight excluding hydrogens is 362 g/mol. The molecule has 0 amide bonds. The van der Waals surface area contributed by atoms with Gasteiger partial charge in [0.2, 0.25) is 0 Å². The molecule has 0 aromatic heterocycles. The van der Waals surface area contributed by atoms with Gasteiger partial charge in [0, 0.05) is 25.3 Å². The molecule has 1 fully saturated rings. The Balaban J connectivity index is 1.51.